The lowest BCUT2D eigenvalue weighted by molar-refractivity contribution is 1.04. The van der Waals surface area contributed by atoms with Gasteiger partial charge in [0.2, 0.25) is 0 Å². The zero-order chi connectivity index (χ0) is 11.7. The second-order valence-electron chi connectivity index (χ2n) is 3.90. The molecule has 2 heterocycles. The van der Waals surface area contributed by atoms with Gasteiger partial charge in [-0.3, -0.25) is 5.10 Å². The second kappa shape index (κ2) is 4.18. The molecule has 3 rings (SSSR count). The summed E-state index contributed by atoms with van der Waals surface area (Å²) in [5.74, 6) is 0. The van der Waals surface area contributed by atoms with Crippen molar-refractivity contribution in [2.45, 2.75) is 13.5 Å². The predicted octanol–water partition coefficient (Wildman–Crippen LogP) is 2.94. The molecule has 5 heteroatoms. The van der Waals surface area contributed by atoms with Crippen LogP contribution in [0, 0.1) is 6.92 Å². The average molecular weight is 244 g/mol. The smallest absolute Gasteiger partial charge is 0.117 e. The van der Waals surface area contributed by atoms with Crippen molar-refractivity contribution in [1.29, 1.82) is 0 Å². The summed E-state index contributed by atoms with van der Waals surface area (Å²) in [5, 5.41) is 12.6. The summed E-state index contributed by atoms with van der Waals surface area (Å²) in [7, 11) is 0. The van der Waals surface area contributed by atoms with Gasteiger partial charge in [0, 0.05) is 23.2 Å². The molecule has 0 amide bonds. The van der Waals surface area contributed by atoms with E-state index in [1.165, 1.54) is 22.5 Å². The number of aromatic amines is 1. The molecule has 3 aromatic rings. The lowest BCUT2D eigenvalue weighted by Crippen LogP contribution is -1.98. The maximum Gasteiger partial charge on any atom is 0.117 e. The Balaban J connectivity index is 1.84. The fraction of sp³-hybridized carbons (Fsp3) is 0.167. The second-order valence-corrected chi connectivity index (χ2v) is 4.68. The number of fused-ring (bicyclic) bond motifs is 1. The Labute approximate surface area is 103 Å². The number of H-pyrrole nitrogens is 1. The fourth-order valence-corrected chi connectivity index (χ4v) is 2.50. The first-order chi connectivity index (χ1) is 8.34. The predicted molar refractivity (Wildman–Crippen MR) is 70.3 cm³/mol. The van der Waals surface area contributed by atoms with Gasteiger partial charge >= 0.3 is 0 Å². The van der Waals surface area contributed by atoms with Crippen molar-refractivity contribution in [1.82, 2.24) is 14.6 Å². The van der Waals surface area contributed by atoms with E-state index in [2.05, 4.69) is 26.0 Å². The molecule has 0 unspecified atom stereocenters. The third-order valence-electron chi connectivity index (χ3n) is 2.76. The molecular weight excluding hydrogens is 232 g/mol. The first-order valence-corrected chi connectivity index (χ1v) is 6.19. The van der Waals surface area contributed by atoms with Gasteiger partial charge in [0.1, 0.15) is 5.00 Å². The molecule has 0 aliphatic carbocycles. The molecule has 0 saturated heterocycles. The summed E-state index contributed by atoms with van der Waals surface area (Å²) < 4.78 is 4.40. The molecule has 0 aliphatic rings. The van der Waals surface area contributed by atoms with Crippen molar-refractivity contribution in [3.05, 3.63) is 41.7 Å². The molecular formula is C12H12N4S. The van der Waals surface area contributed by atoms with E-state index in [-0.39, 0.29) is 0 Å². The van der Waals surface area contributed by atoms with Gasteiger partial charge < -0.3 is 5.32 Å². The van der Waals surface area contributed by atoms with Crippen molar-refractivity contribution in [3.8, 4) is 0 Å². The van der Waals surface area contributed by atoms with Crippen LogP contribution in [-0.4, -0.2) is 14.6 Å². The number of nitrogens with zero attached hydrogens (tertiary/aromatic N) is 2. The van der Waals surface area contributed by atoms with Crippen molar-refractivity contribution in [3.63, 3.8) is 0 Å². The minimum Gasteiger partial charge on any atom is -0.371 e. The lowest BCUT2D eigenvalue weighted by atomic mass is 10.2. The van der Waals surface area contributed by atoms with Crippen LogP contribution < -0.4 is 5.32 Å². The summed E-state index contributed by atoms with van der Waals surface area (Å²) >= 11 is 1.50. The molecule has 2 N–H and O–H groups in total. The van der Waals surface area contributed by atoms with Gasteiger partial charge in [-0.1, -0.05) is 12.1 Å². The molecule has 0 spiro atoms. The zero-order valence-corrected chi connectivity index (χ0v) is 10.2. The number of aryl methyl sites for hydroxylation is 1. The van der Waals surface area contributed by atoms with Crippen molar-refractivity contribution in [2.75, 3.05) is 5.32 Å². The van der Waals surface area contributed by atoms with Crippen LogP contribution in [0.2, 0.25) is 0 Å². The van der Waals surface area contributed by atoms with E-state index in [9.17, 15) is 0 Å². The van der Waals surface area contributed by atoms with Gasteiger partial charge in [-0.05, 0) is 30.6 Å². The van der Waals surface area contributed by atoms with E-state index in [4.69, 9.17) is 0 Å². The van der Waals surface area contributed by atoms with Gasteiger partial charge in [0.05, 0.1) is 11.7 Å². The normalized spacial score (nSPS) is 10.9. The standard InChI is InChI=1S/C12H12N4S/c1-8-9(7-14-15-8)6-13-12-10-4-2-3-5-11(10)16-17-12/h2-5,7,13H,6H2,1H3,(H,14,15). The first kappa shape index (κ1) is 10.3. The monoisotopic (exact) mass is 244 g/mol. The molecule has 86 valence electrons. The van der Waals surface area contributed by atoms with Crippen molar-refractivity contribution < 1.29 is 0 Å². The topological polar surface area (TPSA) is 53.6 Å². The van der Waals surface area contributed by atoms with Crippen LogP contribution in [0.5, 0.6) is 0 Å². The van der Waals surface area contributed by atoms with Gasteiger partial charge in [0.25, 0.3) is 0 Å². The lowest BCUT2D eigenvalue weighted by Gasteiger charge is -2.02. The average Bonchev–Trinajstić information content (AvgIpc) is 2.93. The molecule has 0 radical (unpaired) electrons. The van der Waals surface area contributed by atoms with Crippen molar-refractivity contribution in [2.24, 2.45) is 0 Å². The highest BCUT2D eigenvalue weighted by molar-refractivity contribution is 7.11. The Morgan fingerprint density at radius 3 is 3.06 bits per heavy atom. The maximum atomic E-state index is 4.40. The summed E-state index contributed by atoms with van der Waals surface area (Å²) in [6.45, 7) is 2.79. The SMILES string of the molecule is Cc1[nH]ncc1CNc1snc2ccccc12. The number of benzene rings is 1. The van der Waals surface area contributed by atoms with Crippen LogP contribution in [0.4, 0.5) is 5.00 Å². The fourth-order valence-electron chi connectivity index (χ4n) is 1.75. The van der Waals surface area contributed by atoms with Crippen LogP contribution in [0.3, 0.4) is 0 Å². The van der Waals surface area contributed by atoms with E-state index >= 15 is 0 Å². The Bertz CT molecular complexity index is 641. The van der Waals surface area contributed by atoms with E-state index in [0.29, 0.717) is 0 Å². The largest absolute Gasteiger partial charge is 0.371 e. The van der Waals surface area contributed by atoms with Crippen LogP contribution >= 0.6 is 11.5 Å². The third-order valence-corrected chi connectivity index (χ3v) is 3.59. The van der Waals surface area contributed by atoms with Gasteiger partial charge in [-0.2, -0.15) is 9.47 Å². The minimum absolute atomic E-state index is 0.772. The molecule has 0 atom stereocenters. The molecule has 2 aromatic heterocycles. The Kier molecular flexibility index (Phi) is 2.53. The van der Waals surface area contributed by atoms with Crippen LogP contribution in [0.1, 0.15) is 11.3 Å². The van der Waals surface area contributed by atoms with Crippen LogP contribution in [-0.2, 0) is 6.54 Å². The zero-order valence-electron chi connectivity index (χ0n) is 9.40. The molecule has 1 aromatic carbocycles. The summed E-state index contributed by atoms with van der Waals surface area (Å²) in [5.41, 5.74) is 3.33. The molecule has 4 nitrogen and oxygen atoms in total. The summed E-state index contributed by atoms with van der Waals surface area (Å²) in [6.07, 6.45) is 1.85. The molecule has 0 saturated carbocycles. The summed E-state index contributed by atoms with van der Waals surface area (Å²) in [4.78, 5) is 0. The number of nitrogens with one attached hydrogen (secondary N) is 2. The van der Waals surface area contributed by atoms with Crippen LogP contribution in [0.15, 0.2) is 30.5 Å². The Morgan fingerprint density at radius 2 is 2.24 bits per heavy atom. The summed E-state index contributed by atoms with van der Waals surface area (Å²) in [6, 6.07) is 8.15. The highest BCUT2D eigenvalue weighted by atomic mass is 32.1. The van der Waals surface area contributed by atoms with Gasteiger partial charge in [-0.25, -0.2) is 0 Å². The molecule has 0 fully saturated rings. The highest BCUT2D eigenvalue weighted by Crippen LogP contribution is 2.27. The van der Waals surface area contributed by atoms with E-state index in [1.807, 2.05) is 31.3 Å². The first-order valence-electron chi connectivity index (χ1n) is 5.42. The van der Waals surface area contributed by atoms with E-state index in [0.717, 1.165) is 22.8 Å². The van der Waals surface area contributed by atoms with E-state index < -0.39 is 0 Å². The number of hydrogen-bond donors (Lipinski definition) is 2. The van der Waals surface area contributed by atoms with Crippen LogP contribution in [0.25, 0.3) is 10.9 Å². The highest BCUT2D eigenvalue weighted by Gasteiger charge is 2.05. The number of aromatic nitrogens is 3. The van der Waals surface area contributed by atoms with E-state index in [1.54, 1.807) is 0 Å². The van der Waals surface area contributed by atoms with Gasteiger partial charge in [-0.15, -0.1) is 0 Å². The Hall–Kier alpha value is -1.88. The molecule has 0 bridgehead atoms. The minimum atomic E-state index is 0.772. The quantitative estimate of drug-likeness (QED) is 0.744. The number of rotatable bonds is 3. The Morgan fingerprint density at radius 1 is 1.35 bits per heavy atom. The maximum absolute atomic E-state index is 4.40. The van der Waals surface area contributed by atoms with Gasteiger partial charge in [0.15, 0.2) is 0 Å². The third kappa shape index (κ3) is 1.89. The molecule has 0 aliphatic heterocycles. The number of hydrogen-bond acceptors (Lipinski definition) is 4. The molecule has 17 heavy (non-hydrogen) atoms. The number of anilines is 1. The van der Waals surface area contributed by atoms with Crippen molar-refractivity contribution >= 4 is 27.4 Å².